The molecule has 1 N–H and O–H groups in total. The topological polar surface area (TPSA) is 29.9 Å². The van der Waals surface area contributed by atoms with E-state index in [1.165, 1.54) is 0 Å². The summed E-state index contributed by atoms with van der Waals surface area (Å²) in [6.07, 6.45) is 1.97. The van der Waals surface area contributed by atoms with Gasteiger partial charge in [0.05, 0.1) is 16.4 Å². The molecule has 0 aliphatic carbocycles. The molecule has 18 heavy (non-hydrogen) atoms. The van der Waals surface area contributed by atoms with E-state index in [1.54, 1.807) is 0 Å². The molecule has 0 atom stereocenters. The molecule has 2 aromatic rings. The van der Waals surface area contributed by atoms with Gasteiger partial charge in [-0.05, 0) is 30.7 Å². The number of nitrogens with zero attached hydrogens (tertiary/aromatic N) is 2. The summed E-state index contributed by atoms with van der Waals surface area (Å²) in [4.78, 5) is 0. The fourth-order valence-electron chi connectivity index (χ4n) is 1.92. The van der Waals surface area contributed by atoms with Crippen molar-refractivity contribution in [3.8, 4) is 5.69 Å². The lowest BCUT2D eigenvalue weighted by atomic mass is 10.1. The largest absolute Gasteiger partial charge is 0.316 e. The van der Waals surface area contributed by atoms with Crippen LogP contribution in [0.15, 0.2) is 30.5 Å². The molecule has 1 aromatic heterocycles. The van der Waals surface area contributed by atoms with Gasteiger partial charge in [0, 0.05) is 12.7 Å². The van der Waals surface area contributed by atoms with Crippen molar-refractivity contribution in [3.63, 3.8) is 0 Å². The molecule has 0 aliphatic heterocycles. The molecule has 96 valence electrons. The molecule has 0 fully saturated rings. The van der Waals surface area contributed by atoms with Crippen LogP contribution in [0.25, 0.3) is 5.69 Å². The minimum atomic E-state index is 0.418. The maximum Gasteiger partial charge on any atom is 0.0876 e. The van der Waals surface area contributed by atoms with Crippen molar-refractivity contribution >= 4 is 11.6 Å². The smallest absolute Gasteiger partial charge is 0.0876 e. The van der Waals surface area contributed by atoms with Crippen LogP contribution in [0.5, 0.6) is 0 Å². The average Bonchev–Trinajstić information content (AvgIpc) is 2.79. The van der Waals surface area contributed by atoms with Crippen LogP contribution in [-0.2, 0) is 6.54 Å². The van der Waals surface area contributed by atoms with Crippen LogP contribution in [0.2, 0.25) is 5.02 Å². The molecule has 0 saturated heterocycles. The Kier molecular flexibility index (Phi) is 4.04. The quantitative estimate of drug-likeness (QED) is 0.917. The number of aromatic nitrogens is 2. The molecule has 0 unspecified atom stereocenters. The highest BCUT2D eigenvalue weighted by Gasteiger charge is 2.11. The average molecular weight is 264 g/mol. The summed E-state index contributed by atoms with van der Waals surface area (Å²) < 4.78 is 1.87. The first-order valence-corrected chi connectivity index (χ1v) is 6.49. The van der Waals surface area contributed by atoms with Gasteiger partial charge in [-0.1, -0.05) is 37.6 Å². The Morgan fingerprint density at radius 2 is 2.11 bits per heavy atom. The van der Waals surface area contributed by atoms with E-state index in [1.807, 2.05) is 36.1 Å². The first kappa shape index (κ1) is 13.1. The van der Waals surface area contributed by atoms with E-state index in [0.29, 0.717) is 5.92 Å². The Morgan fingerprint density at radius 1 is 1.33 bits per heavy atom. The van der Waals surface area contributed by atoms with Crippen molar-refractivity contribution in [2.75, 3.05) is 7.05 Å². The molecule has 1 heterocycles. The van der Waals surface area contributed by atoms with Crippen LogP contribution in [0.3, 0.4) is 0 Å². The first-order chi connectivity index (χ1) is 8.63. The maximum absolute atomic E-state index is 6.30. The predicted molar refractivity (Wildman–Crippen MR) is 75.4 cm³/mol. The Balaban J connectivity index is 2.48. The van der Waals surface area contributed by atoms with Crippen LogP contribution in [-0.4, -0.2) is 16.8 Å². The number of para-hydroxylation sites is 1. The number of nitrogens with one attached hydrogen (secondary N) is 1. The van der Waals surface area contributed by atoms with Gasteiger partial charge < -0.3 is 5.32 Å². The van der Waals surface area contributed by atoms with Crippen molar-refractivity contribution in [1.29, 1.82) is 0 Å². The molecular formula is C14H18ClN3. The van der Waals surface area contributed by atoms with Crippen molar-refractivity contribution in [3.05, 3.63) is 46.7 Å². The van der Waals surface area contributed by atoms with Gasteiger partial charge in [0.2, 0.25) is 0 Å². The molecule has 0 aliphatic rings. The van der Waals surface area contributed by atoms with E-state index in [-0.39, 0.29) is 0 Å². The van der Waals surface area contributed by atoms with Crippen molar-refractivity contribution in [2.24, 2.45) is 0 Å². The number of rotatable bonds is 4. The van der Waals surface area contributed by atoms with Crippen LogP contribution in [0.4, 0.5) is 0 Å². The van der Waals surface area contributed by atoms with E-state index in [4.69, 9.17) is 11.6 Å². The van der Waals surface area contributed by atoms with Crippen molar-refractivity contribution < 1.29 is 0 Å². The van der Waals surface area contributed by atoms with Crippen LogP contribution >= 0.6 is 11.6 Å². The minimum Gasteiger partial charge on any atom is -0.316 e. The zero-order valence-electron chi connectivity index (χ0n) is 10.9. The van der Waals surface area contributed by atoms with Crippen molar-refractivity contribution in [1.82, 2.24) is 15.1 Å². The number of benzene rings is 1. The summed E-state index contributed by atoms with van der Waals surface area (Å²) in [7, 11) is 1.92. The van der Waals surface area contributed by atoms with E-state index < -0.39 is 0 Å². The van der Waals surface area contributed by atoms with Crippen LogP contribution in [0, 0.1) is 0 Å². The summed E-state index contributed by atoms with van der Waals surface area (Å²) in [5.74, 6) is 0.418. The van der Waals surface area contributed by atoms with E-state index in [9.17, 15) is 0 Å². The lowest BCUT2D eigenvalue weighted by Gasteiger charge is -2.11. The number of hydrogen-bond donors (Lipinski definition) is 1. The second-order valence-corrected chi connectivity index (χ2v) is 5.02. The van der Waals surface area contributed by atoms with Gasteiger partial charge in [0.15, 0.2) is 0 Å². The highest BCUT2D eigenvalue weighted by molar-refractivity contribution is 6.32. The summed E-state index contributed by atoms with van der Waals surface area (Å²) in [5.41, 5.74) is 3.18. The van der Waals surface area contributed by atoms with E-state index in [0.717, 1.165) is 28.5 Å². The van der Waals surface area contributed by atoms with Crippen LogP contribution < -0.4 is 5.32 Å². The highest BCUT2D eigenvalue weighted by Crippen LogP contribution is 2.25. The second kappa shape index (κ2) is 5.55. The van der Waals surface area contributed by atoms with Crippen LogP contribution in [0.1, 0.15) is 31.0 Å². The molecule has 3 nitrogen and oxygen atoms in total. The molecule has 0 saturated carbocycles. The summed E-state index contributed by atoms with van der Waals surface area (Å²) >= 11 is 6.30. The number of hydrogen-bond acceptors (Lipinski definition) is 2. The Labute approximate surface area is 113 Å². The van der Waals surface area contributed by atoms with E-state index in [2.05, 4.69) is 30.3 Å². The first-order valence-electron chi connectivity index (χ1n) is 6.11. The molecule has 0 bridgehead atoms. The van der Waals surface area contributed by atoms with Gasteiger partial charge in [-0.2, -0.15) is 5.10 Å². The van der Waals surface area contributed by atoms with Gasteiger partial charge in [-0.15, -0.1) is 0 Å². The van der Waals surface area contributed by atoms with E-state index >= 15 is 0 Å². The fourth-order valence-corrected chi connectivity index (χ4v) is 2.20. The minimum absolute atomic E-state index is 0.418. The molecule has 0 amide bonds. The third-order valence-electron chi connectivity index (χ3n) is 2.87. The Morgan fingerprint density at radius 3 is 2.72 bits per heavy atom. The number of halogens is 1. The summed E-state index contributed by atoms with van der Waals surface area (Å²) in [6.45, 7) is 5.04. The monoisotopic (exact) mass is 263 g/mol. The highest BCUT2D eigenvalue weighted by atomic mass is 35.5. The lowest BCUT2D eigenvalue weighted by molar-refractivity contribution is 0.751. The Bertz CT molecular complexity index is 532. The third-order valence-corrected chi connectivity index (χ3v) is 3.17. The summed E-state index contributed by atoms with van der Waals surface area (Å²) in [5, 5.41) is 8.46. The molecule has 1 aromatic carbocycles. The SMILES string of the molecule is CNCc1cccc(Cl)c1-n1ccc(C(C)C)n1. The standard InChI is InChI=1S/C14H18ClN3/c1-10(2)13-7-8-18(17-13)14-11(9-16-3)5-4-6-12(14)15/h4-8,10,16H,9H2,1-3H3. The third kappa shape index (κ3) is 2.57. The normalized spacial score (nSPS) is 11.2. The maximum atomic E-state index is 6.30. The van der Waals surface area contributed by atoms with Gasteiger partial charge in [-0.3, -0.25) is 0 Å². The zero-order valence-corrected chi connectivity index (χ0v) is 11.7. The molecule has 4 heteroatoms. The summed E-state index contributed by atoms with van der Waals surface area (Å²) in [6, 6.07) is 7.96. The van der Waals surface area contributed by atoms with Gasteiger partial charge in [0.1, 0.15) is 0 Å². The Hall–Kier alpha value is -1.32. The molecular weight excluding hydrogens is 246 g/mol. The van der Waals surface area contributed by atoms with Gasteiger partial charge >= 0.3 is 0 Å². The fraction of sp³-hybridized carbons (Fsp3) is 0.357. The second-order valence-electron chi connectivity index (χ2n) is 4.62. The molecule has 2 rings (SSSR count). The van der Waals surface area contributed by atoms with Crippen molar-refractivity contribution in [2.45, 2.75) is 26.3 Å². The zero-order chi connectivity index (χ0) is 13.1. The lowest BCUT2D eigenvalue weighted by Crippen LogP contribution is -2.10. The van der Waals surface area contributed by atoms with Gasteiger partial charge in [-0.25, -0.2) is 4.68 Å². The molecule has 0 radical (unpaired) electrons. The predicted octanol–water partition coefficient (Wildman–Crippen LogP) is 3.37. The molecule has 0 spiro atoms. The van der Waals surface area contributed by atoms with Gasteiger partial charge in [0.25, 0.3) is 0 Å².